The third-order valence-corrected chi connectivity index (χ3v) is 10.9. The fourth-order valence-electron chi connectivity index (χ4n) is 9.22. The minimum Gasteiger partial charge on any atom is -0.656 e. The van der Waals surface area contributed by atoms with Gasteiger partial charge in [0.15, 0.2) is 0 Å². The van der Waals surface area contributed by atoms with Crippen LogP contribution in [0.2, 0.25) is 0 Å². The number of esters is 1. The van der Waals surface area contributed by atoms with E-state index in [1.54, 1.807) is 7.05 Å². The first kappa shape index (κ1) is 31.9. The van der Waals surface area contributed by atoms with E-state index in [0.717, 1.165) is 12.8 Å². The van der Waals surface area contributed by atoms with Crippen LogP contribution in [0.4, 0.5) is 0 Å². The standard InChI is InChI=1S/C27H44NO7.2H3N/c1-14(5-8-23(32)33)17-6-7-18-25-19(12-21(31)27(17,18)3)26(2)15(10-20(25)30)9-16(29)11-22(26)35-24(34)13-28-4;;/h14-22,25,29-31H,5-13H2,1-4H3,(H,32,33);2*1H3/q-1;;/p+1. The van der Waals surface area contributed by atoms with Crippen LogP contribution in [0.3, 0.4) is 0 Å². The first-order valence-electron chi connectivity index (χ1n) is 13.4. The van der Waals surface area contributed by atoms with E-state index in [1.165, 1.54) is 0 Å². The molecule has 0 bridgehead atoms. The molecule has 4 fully saturated rings. The highest BCUT2D eigenvalue weighted by Gasteiger charge is 2.67. The topological polar surface area (TPSA) is 214 Å². The summed E-state index contributed by atoms with van der Waals surface area (Å²) in [5.74, 6) is -1.11. The van der Waals surface area contributed by atoms with Gasteiger partial charge in [0.05, 0.1) is 18.3 Å². The largest absolute Gasteiger partial charge is 0.656 e. The van der Waals surface area contributed by atoms with Gasteiger partial charge >= 0.3 is 0 Å². The zero-order valence-electron chi connectivity index (χ0n) is 23.6. The molecule has 4 aliphatic rings. The van der Waals surface area contributed by atoms with Gasteiger partial charge in [-0.2, -0.15) is 7.05 Å². The third-order valence-electron chi connectivity index (χ3n) is 10.9. The van der Waals surface area contributed by atoms with Crippen molar-refractivity contribution in [2.45, 2.75) is 96.6 Å². The lowest BCUT2D eigenvalue weighted by Gasteiger charge is -2.64. The number of rotatable bonds is 7. The van der Waals surface area contributed by atoms with Crippen LogP contribution >= 0.6 is 0 Å². The average Bonchev–Trinajstić information content (AvgIpc) is 3.13. The Bertz CT molecular complexity index is 815. The Morgan fingerprint density at radius 1 is 1.03 bits per heavy atom. The molecule has 11 N–H and O–H groups in total. The maximum atomic E-state index is 12.4. The number of ether oxygens (including phenoxy) is 1. The number of aliphatic hydroxyl groups excluding tert-OH is 3. The molecule has 0 heterocycles. The van der Waals surface area contributed by atoms with Gasteiger partial charge in [0.1, 0.15) is 6.10 Å². The van der Waals surface area contributed by atoms with E-state index in [-0.39, 0.29) is 60.8 Å². The maximum Gasteiger partial charge on any atom is 0.285 e. The Labute approximate surface area is 221 Å². The van der Waals surface area contributed by atoms with Crippen molar-refractivity contribution in [3.05, 3.63) is 5.32 Å². The minimum absolute atomic E-state index is 0. The summed E-state index contributed by atoms with van der Waals surface area (Å²) in [5.41, 5.74) is -0.856. The normalized spacial score (nSPS) is 45.2. The molecule has 4 aliphatic carbocycles. The number of carbonyl (C=O) groups excluding carboxylic acids is 2. The van der Waals surface area contributed by atoms with Crippen molar-refractivity contribution in [3.63, 3.8) is 0 Å². The van der Waals surface area contributed by atoms with Crippen molar-refractivity contribution in [1.29, 1.82) is 0 Å². The van der Waals surface area contributed by atoms with Crippen LogP contribution < -0.4 is 17.4 Å². The zero-order valence-corrected chi connectivity index (χ0v) is 23.6. The van der Waals surface area contributed by atoms with Crippen LogP contribution in [-0.4, -0.2) is 65.3 Å². The van der Waals surface area contributed by atoms with E-state index < -0.39 is 47.2 Å². The fraction of sp³-hybridized carbons (Fsp3) is 0.926. The van der Waals surface area contributed by atoms with Gasteiger partial charge in [-0.1, -0.05) is 20.8 Å². The number of carboxylic acids is 1. The van der Waals surface area contributed by atoms with Crippen molar-refractivity contribution >= 4 is 11.9 Å². The lowest BCUT2D eigenvalue weighted by atomic mass is 9.42. The molecule has 216 valence electrons. The molecule has 0 aromatic heterocycles. The van der Waals surface area contributed by atoms with Crippen LogP contribution in [0.5, 0.6) is 0 Å². The summed E-state index contributed by atoms with van der Waals surface area (Å²) in [7, 11) is 1.57. The van der Waals surface area contributed by atoms with Crippen LogP contribution in [0, 0.1) is 46.3 Å². The number of fused-ring (bicyclic) bond motifs is 5. The number of hydrogen-bond acceptors (Lipinski definition) is 7. The van der Waals surface area contributed by atoms with E-state index in [4.69, 9.17) is 4.74 Å². The van der Waals surface area contributed by atoms with Gasteiger partial charge < -0.3 is 47.6 Å². The zero-order chi connectivity index (χ0) is 25.7. The van der Waals surface area contributed by atoms with Crippen LogP contribution in [0.1, 0.15) is 72.1 Å². The summed E-state index contributed by atoms with van der Waals surface area (Å²) in [5, 5.41) is 48.7. The summed E-state index contributed by atoms with van der Waals surface area (Å²) in [6, 6.07) is 0. The number of nitrogens with zero attached hydrogens (tertiary/aromatic N) is 1. The molecule has 4 rings (SSSR count). The van der Waals surface area contributed by atoms with Crippen molar-refractivity contribution in [2.75, 3.05) is 13.6 Å². The van der Waals surface area contributed by atoms with E-state index in [9.17, 15) is 30.0 Å². The number of carboxylic acid groups (broad SMARTS) is 1. The molecule has 0 spiro atoms. The molecule has 12 atom stereocenters. The number of likely N-dealkylation sites (N-methyl/N-ethyl adjacent to an activating group) is 1. The van der Waals surface area contributed by atoms with E-state index >= 15 is 0 Å². The highest BCUT2D eigenvalue weighted by atomic mass is 16.5. The number of hydrogen-bond donors (Lipinski definition) is 5. The number of carbonyl (C=O) groups is 2. The van der Waals surface area contributed by atoms with Gasteiger partial charge in [0, 0.05) is 17.8 Å². The highest BCUT2D eigenvalue weighted by Crippen LogP contribution is 2.68. The second-order valence-corrected chi connectivity index (χ2v) is 12.4. The van der Waals surface area contributed by atoms with Gasteiger partial charge in [-0.05, 0) is 92.4 Å². The van der Waals surface area contributed by atoms with Gasteiger partial charge in [-0.15, -0.1) is 0 Å². The summed E-state index contributed by atoms with van der Waals surface area (Å²) in [6.07, 6.45) is 2.09. The molecule has 10 heteroatoms. The molecule has 0 amide bonds. The lowest BCUT2D eigenvalue weighted by molar-refractivity contribution is -0.306. The predicted octanol–water partition coefficient (Wildman–Crippen LogP) is 2.39. The molecular weight excluding hydrogens is 478 g/mol. The molecule has 12 unspecified atom stereocenters. The second kappa shape index (κ2) is 11.8. The van der Waals surface area contributed by atoms with Gasteiger partial charge in [0.2, 0.25) is 0 Å². The Morgan fingerprint density at radius 3 is 2.32 bits per heavy atom. The first-order chi connectivity index (χ1) is 16.4. The molecule has 10 nitrogen and oxygen atoms in total. The quantitative estimate of drug-likeness (QED) is 0.310. The highest BCUT2D eigenvalue weighted by molar-refractivity contribution is 5.74. The van der Waals surface area contributed by atoms with E-state index in [2.05, 4.69) is 26.1 Å². The summed E-state index contributed by atoms with van der Waals surface area (Å²) in [4.78, 5) is 23.5. The fourth-order valence-corrected chi connectivity index (χ4v) is 9.22. The molecular formula is C27H51N3O7. The minimum atomic E-state index is -1.04. The van der Waals surface area contributed by atoms with Crippen LogP contribution in [0.15, 0.2) is 0 Å². The van der Waals surface area contributed by atoms with Gasteiger partial charge in [-0.3, -0.25) is 4.79 Å². The molecule has 4 saturated carbocycles. The summed E-state index contributed by atoms with van der Waals surface area (Å²) in [6.45, 7) is 6.32. The molecule has 0 aliphatic heterocycles. The molecule has 0 radical (unpaired) electrons. The SMILES string of the molecule is C[N-]CC(=O)OC1CC(O)CC2CC(O)C3C(CC(O)C4(C)C(C(C)CCC(=O)[O-])CCC34)C21C.[NH4+].[NH4+]. The molecule has 0 aromatic carbocycles. The monoisotopic (exact) mass is 529 g/mol. The number of aliphatic hydroxyl groups is 3. The molecule has 0 saturated heterocycles. The number of quaternary nitrogens is 2. The van der Waals surface area contributed by atoms with E-state index in [1.807, 2.05) is 0 Å². The van der Waals surface area contributed by atoms with Gasteiger partial charge in [-0.25, -0.2) is 0 Å². The van der Waals surface area contributed by atoms with Crippen molar-refractivity contribution in [3.8, 4) is 0 Å². The van der Waals surface area contributed by atoms with Crippen LogP contribution in [0.25, 0.3) is 5.32 Å². The Kier molecular flexibility index (Phi) is 10.2. The second-order valence-electron chi connectivity index (χ2n) is 12.4. The van der Waals surface area contributed by atoms with Crippen molar-refractivity contribution in [2.24, 2.45) is 46.3 Å². The van der Waals surface area contributed by atoms with Gasteiger partial charge in [0.25, 0.3) is 5.97 Å². The third kappa shape index (κ3) is 5.30. The average molecular weight is 530 g/mol. The van der Waals surface area contributed by atoms with Crippen LogP contribution in [-0.2, 0) is 14.3 Å². The van der Waals surface area contributed by atoms with E-state index in [0.29, 0.717) is 32.1 Å². The molecule has 0 aromatic rings. The first-order valence-corrected chi connectivity index (χ1v) is 13.4. The Hall–Kier alpha value is -1.30. The van der Waals surface area contributed by atoms with Crippen molar-refractivity contribution in [1.82, 2.24) is 12.3 Å². The predicted molar refractivity (Wildman–Crippen MR) is 139 cm³/mol. The number of aliphatic carboxylic acids is 1. The summed E-state index contributed by atoms with van der Waals surface area (Å²) < 4.78 is 5.93. The summed E-state index contributed by atoms with van der Waals surface area (Å²) >= 11 is 0. The Morgan fingerprint density at radius 2 is 1.70 bits per heavy atom. The smallest absolute Gasteiger partial charge is 0.285 e. The Balaban J connectivity index is 0.00000241. The maximum absolute atomic E-state index is 12.4. The van der Waals surface area contributed by atoms with Crippen molar-refractivity contribution < 1.29 is 34.8 Å². The molecule has 37 heavy (non-hydrogen) atoms. The lowest BCUT2D eigenvalue weighted by Crippen LogP contribution is -2.66.